The van der Waals surface area contributed by atoms with Crippen LogP contribution < -0.4 is 5.73 Å². The molecule has 0 saturated carbocycles. The van der Waals surface area contributed by atoms with E-state index in [2.05, 4.69) is 4.90 Å². The van der Waals surface area contributed by atoms with Crippen molar-refractivity contribution in [3.05, 3.63) is 24.0 Å². The van der Waals surface area contributed by atoms with Crippen LogP contribution in [0.3, 0.4) is 0 Å². The molecule has 0 aliphatic carbocycles. The molecule has 0 aromatic heterocycles. The van der Waals surface area contributed by atoms with E-state index in [-0.39, 0.29) is 12.3 Å². The number of rotatable bonds is 6. The average molecular weight is 270 g/mol. The highest BCUT2D eigenvalue weighted by Gasteiger charge is 2.09. The summed E-state index contributed by atoms with van der Waals surface area (Å²) in [6.45, 7) is 1.33. The van der Waals surface area contributed by atoms with Crippen molar-refractivity contribution in [1.82, 2.24) is 4.90 Å². The Kier molecular flexibility index (Phi) is 6.99. The molecule has 0 radical (unpaired) electrons. The van der Waals surface area contributed by atoms with Crippen LogP contribution in [0.25, 0.3) is 0 Å². The summed E-state index contributed by atoms with van der Waals surface area (Å²) in [5.74, 6) is -0.698. The first-order valence-electron chi connectivity index (χ1n) is 6.47. The summed E-state index contributed by atoms with van der Waals surface area (Å²) in [4.78, 5) is 13.6. The molecule has 1 unspecified atom stereocenters. The van der Waals surface area contributed by atoms with E-state index < -0.39 is 18.7 Å². The van der Waals surface area contributed by atoms with E-state index in [4.69, 9.17) is 20.7 Å². The zero-order valence-electron chi connectivity index (χ0n) is 11.0. The molecule has 0 amide bonds. The molecule has 6 heteroatoms. The van der Waals surface area contributed by atoms with Crippen molar-refractivity contribution in [3.63, 3.8) is 0 Å². The van der Waals surface area contributed by atoms with Gasteiger partial charge in [-0.15, -0.1) is 0 Å². The standard InChI is InChI=1S/C13H22N2O4/c14-12(13(18)19-10-11(17)9-16)5-4-8-15-6-2-1-3-7-15/h4-5,8,11,16-17H,1-3,6-7,9-10,14H2/b8-4+,12-5-. The summed E-state index contributed by atoms with van der Waals surface area (Å²) in [6, 6.07) is 0. The molecule has 0 spiro atoms. The van der Waals surface area contributed by atoms with Crippen LogP contribution in [0.2, 0.25) is 0 Å². The lowest BCUT2D eigenvalue weighted by Crippen LogP contribution is -2.25. The molecule has 0 aromatic carbocycles. The van der Waals surface area contributed by atoms with Crippen LogP contribution in [-0.4, -0.2) is 53.5 Å². The molecule has 6 nitrogen and oxygen atoms in total. The number of allylic oxidation sites excluding steroid dienone is 2. The highest BCUT2D eigenvalue weighted by Crippen LogP contribution is 2.08. The van der Waals surface area contributed by atoms with Gasteiger partial charge in [-0.3, -0.25) is 0 Å². The lowest BCUT2D eigenvalue weighted by atomic mass is 10.1. The van der Waals surface area contributed by atoms with Gasteiger partial charge in [0.05, 0.1) is 6.61 Å². The first-order valence-corrected chi connectivity index (χ1v) is 6.47. The van der Waals surface area contributed by atoms with E-state index in [0.717, 1.165) is 13.1 Å². The van der Waals surface area contributed by atoms with Gasteiger partial charge in [-0.05, 0) is 37.6 Å². The number of piperidine rings is 1. The monoisotopic (exact) mass is 270 g/mol. The van der Waals surface area contributed by atoms with Gasteiger partial charge in [-0.25, -0.2) is 4.79 Å². The average Bonchev–Trinajstić information content (AvgIpc) is 2.45. The third kappa shape index (κ3) is 6.26. The Balaban J connectivity index is 2.33. The van der Waals surface area contributed by atoms with E-state index in [1.165, 1.54) is 25.3 Å². The zero-order valence-corrected chi connectivity index (χ0v) is 11.0. The normalized spacial score (nSPS) is 18.6. The van der Waals surface area contributed by atoms with E-state index >= 15 is 0 Å². The second-order valence-corrected chi connectivity index (χ2v) is 4.50. The van der Waals surface area contributed by atoms with Gasteiger partial charge < -0.3 is 25.6 Å². The maximum atomic E-state index is 11.4. The molecular formula is C13H22N2O4. The molecule has 1 aliphatic rings. The van der Waals surface area contributed by atoms with Gasteiger partial charge in [-0.1, -0.05) is 0 Å². The lowest BCUT2D eigenvalue weighted by molar-refractivity contribution is -0.142. The molecule has 108 valence electrons. The lowest BCUT2D eigenvalue weighted by Gasteiger charge is -2.24. The number of hydrogen-bond acceptors (Lipinski definition) is 6. The van der Waals surface area contributed by atoms with E-state index in [1.807, 2.05) is 6.20 Å². The summed E-state index contributed by atoms with van der Waals surface area (Å²) < 4.78 is 4.71. The summed E-state index contributed by atoms with van der Waals surface area (Å²) in [7, 11) is 0. The predicted octanol–water partition coefficient (Wildman–Crippen LogP) is -0.275. The third-order valence-electron chi connectivity index (χ3n) is 2.82. The molecule has 1 heterocycles. The second-order valence-electron chi connectivity index (χ2n) is 4.50. The van der Waals surface area contributed by atoms with Crippen LogP contribution in [0.1, 0.15) is 19.3 Å². The number of nitrogens with two attached hydrogens (primary N) is 1. The highest BCUT2D eigenvalue weighted by atomic mass is 16.5. The molecule has 1 fully saturated rings. The minimum Gasteiger partial charge on any atom is -0.458 e. The van der Waals surface area contributed by atoms with E-state index in [1.54, 1.807) is 6.08 Å². The van der Waals surface area contributed by atoms with Crippen molar-refractivity contribution in [2.75, 3.05) is 26.3 Å². The SMILES string of the molecule is N/C(=C\C=C\N1CCCCC1)C(=O)OCC(O)CO. The molecule has 1 saturated heterocycles. The van der Waals surface area contributed by atoms with E-state index in [0.29, 0.717) is 0 Å². The smallest absolute Gasteiger partial charge is 0.354 e. The Hall–Kier alpha value is -1.53. The minimum atomic E-state index is -1.07. The number of carbonyl (C=O) groups is 1. The van der Waals surface area contributed by atoms with Gasteiger partial charge in [0.2, 0.25) is 0 Å². The zero-order chi connectivity index (χ0) is 14.1. The maximum absolute atomic E-state index is 11.4. The van der Waals surface area contributed by atoms with Crippen LogP contribution in [-0.2, 0) is 9.53 Å². The molecule has 1 rings (SSSR count). The Labute approximate surface area is 113 Å². The third-order valence-corrected chi connectivity index (χ3v) is 2.82. The summed E-state index contributed by atoms with van der Waals surface area (Å²) in [5.41, 5.74) is 5.50. The van der Waals surface area contributed by atoms with Crippen LogP contribution in [0, 0.1) is 0 Å². The Morgan fingerprint density at radius 2 is 2.05 bits per heavy atom. The number of aliphatic hydroxyl groups excluding tert-OH is 2. The fourth-order valence-electron chi connectivity index (χ4n) is 1.71. The van der Waals surface area contributed by atoms with Crippen molar-refractivity contribution in [2.45, 2.75) is 25.4 Å². The number of nitrogens with zero attached hydrogens (tertiary/aromatic N) is 1. The Bertz CT molecular complexity index is 336. The van der Waals surface area contributed by atoms with Crippen LogP contribution in [0.5, 0.6) is 0 Å². The quantitative estimate of drug-likeness (QED) is 0.349. The Morgan fingerprint density at radius 3 is 2.68 bits per heavy atom. The summed E-state index contributed by atoms with van der Waals surface area (Å²) >= 11 is 0. The summed E-state index contributed by atoms with van der Waals surface area (Å²) in [5, 5.41) is 17.6. The first kappa shape index (κ1) is 15.5. The molecule has 0 bridgehead atoms. The van der Waals surface area contributed by atoms with Crippen LogP contribution in [0.15, 0.2) is 24.0 Å². The van der Waals surface area contributed by atoms with E-state index in [9.17, 15) is 4.79 Å². The van der Waals surface area contributed by atoms with Crippen molar-refractivity contribution in [3.8, 4) is 0 Å². The van der Waals surface area contributed by atoms with Gasteiger partial charge in [0.25, 0.3) is 0 Å². The van der Waals surface area contributed by atoms with Gasteiger partial charge >= 0.3 is 5.97 Å². The molecule has 1 aliphatic heterocycles. The topological polar surface area (TPSA) is 96.0 Å². The fraction of sp³-hybridized carbons (Fsp3) is 0.615. The number of carbonyl (C=O) groups excluding carboxylic acids is 1. The van der Waals surface area contributed by atoms with Crippen molar-refractivity contribution in [2.24, 2.45) is 5.73 Å². The van der Waals surface area contributed by atoms with Gasteiger partial charge in [0.1, 0.15) is 18.4 Å². The Morgan fingerprint density at radius 1 is 1.37 bits per heavy atom. The molecule has 4 N–H and O–H groups in total. The predicted molar refractivity (Wildman–Crippen MR) is 70.9 cm³/mol. The molecule has 1 atom stereocenters. The largest absolute Gasteiger partial charge is 0.458 e. The second kappa shape index (κ2) is 8.55. The number of likely N-dealkylation sites (tertiary alicyclic amines) is 1. The van der Waals surface area contributed by atoms with Gasteiger partial charge in [0, 0.05) is 13.1 Å². The maximum Gasteiger partial charge on any atom is 0.354 e. The fourth-order valence-corrected chi connectivity index (χ4v) is 1.71. The first-order chi connectivity index (χ1) is 9.13. The number of aliphatic hydroxyl groups is 2. The molecule has 19 heavy (non-hydrogen) atoms. The highest BCUT2D eigenvalue weighted by molar-refractivity contribution is 5.87. The van der Waals surface area contributed by atoms with Crippen molar-refractivity contribution >= 4 is 5.97 Å². The number of hydrogen-bond donors (Lipinski definition) is 3. The van der Waals surface area contributed by atoms with Crippen molar-refractivity contribution in [1.29, 1.82) is 0 Å². The van der Waals surface area contributed by atoms with Crippen molar-refractivity contribution < 1.29 is 19.7 Å². The molecule has 0 aromatic rings. The minimum absolute atomic E-state index is 0.0293. The van der Waals surface area contributed by atoms with Gasteiger partial charge in [-0.2, -0.15) is 0 Å². The summed E-state index contributed by atoms with van der Waals surface area (Å²) in [6.07, 6.45) is 7.66. The molecular weight excluding hydrogens is 248 g/mol. The van der Waals surface area contributed by atoms with Crippen LogP contribution in [0.4, 0.5) is 0 Å². The van der Waals surface area contributed by atoms with Crippen LogP contribution >= 0.6 is 0 Å². The number of esters is 1. The van der Waals surface area contributed by atoms with Gasteiger partial charge in [0.15, 0.2) is 0 Å². The number of ether oxygens (including phenoxy) is 1.